The third-order valence-corrected chi connectivity index (χ3v) is 7.70. The van der Waals surface area contributed by atoms with E-state index in [1.165, 1.54) is 54.6 Å². The zero-order valence-electron chi connectivity index (χ0n) is 39.1. The van der Waals surface area contributed by atoms with Gasteiger partial charge in [0, 0.05) is 21.9 Å². The Morgan fingerprint density at radius 2 is 0.953 bits per heavy atom. The molecule has 1 aromatic heterocycles. The van der Waals surface area contributed by atoms with E-state index in [-0.39, 0.29) is 149 Å². The summed E-state index contributed by atoms with van der Waals surface area (Å²) in [5, 5.41) is 1.18. The van der Waals surface area contributed by atoms with Crippen molar-refractivity contribution in [2.24, 2.45) is 0 Å². The molecule has 0 amide bonds. The van der Waals surface area contributed by atoms with Gasteiger partial charge < -0.3 is 4.42 Å². The summed E-state index contributed by atoms with van der Waals surface area (Å²) in [7, 11) is 0. The summed E-state index contributed by atoms with van der Waals surface area (Å²) in [5.41, 5.74) is 0.537. The summed E-state index contributed by atoms with van der Waals surface area (Å²) in [6.07, 6.45) is 0. The van der Waals surface area contributed by atoms with Crippen molar-refractivity contribution < 1.29 is 27.7 Å². The largest absolute Gasteiger partial charge is 0.455 e. The second-order valence-corrected chi connectivity index (χ2v) is 9.96. The average Bonchev–Trinajstić information content (AvgIpc) is 3.57. The van der Waals surface area contributed by atoms with Gasteiger partial charge in [-0.3, -0.25) is 0 Å². The molecule has 200 valence electrons. The maximum Gasteiger partial charge on any atom is 0.143 e. The molecule has 1 heteroatoms. The molecular weight excluding hydrogens is 520 g/mol. The standard InChI is InChI=1S/C42H26O/c1-2-13-30-27(11-1)12-9-19-31(30)28-23-25-29(26-24-28)40-33-15-3-5-17-35(33)41(36-18-6-4-16-34(36)40)38-21-10-20-37-32-14-7-8-22-39(32)43-42(37)38/h1-26H/i1D,2D,3D,4D,5D,6D,7D,8D,9D,10D,11D,12D,14D,21D,22D,23D,24D. The third-order valence-electron chi connectivity index (χ3n) is 7.70. The van der Waals surface area contributed by atoms with Gasteiger partial charge in [-0.05, 0) is 60.6 Å². The third kappa shape index (κ3) is 3.65. The maximum atomic E-state index is 9.29. The summed E-state index contributed by atoms with van der Waals surface area (Å²) in [6.45, 7) is 0. The van der Waals surface area contributed by atoms with Crippen molar-refractivity contribution in [2.45, 2.75) is 0 Å². The normalized spacial score (nSPS) is 17.3. The van der Waals surface area contributed by atoms with Gasteiger partial charge in [0.05, 0.1) is 23.3 Å². The first-order valence-electron chi connectivity index (χ1n) is 21.9. The molecule has 8 aromatic carbocycles. The van der Waals surface area contributed by atoms with E-state index >= 15 is 0 Å². The highest BCUT2D eigenvalue weighted by Gasteiger charge is 2.20. The van der Waals surface area contributed by atoms with Crippen LogP contribution < -0.4 is 0 Å². The number of fused-ring (bicyclic) bond motifs is 6. The number of para-hydroxylation sites is 2. The van der Waals surface area contributed by atoms with Crippen molar-refractivity contribution in [1.29, 1.82) is 0 Å². The van der Waals surface area contributed by atoms with Crippen LogP contribution in [0.15, 0.2) is 162 Å². The Bertz CT molecular complexity index is 3370. The molecule has 0 spiro atoms. The molecule has 0 aliphatic rings. The maximum absolute atomic E-state index is 9.29. The predicted molar refractivity (Wildman–Crippen MR) is 183 cm³/mol. The zero-order valence-corrected chi connectivity index (χ0v) is 22.1. The van der Waals surface area contributed by atoms with E-state index < -0.39 is 36.3 Å². The zero-order chi connectivity index (χ0) is 43.1. The Hall–Kier alpha value is -5.66. The van der Waals surface area contributed by atoms with Crippen LogP contribution in [0.5, 0.6) is 0 Å². The van der Waals surface area contributed by atoms with E-state index in [2.05, 4.69) is 0 Å². The molecule has 0 aliphatic carbocycles. The van der Waals surface area contributed by atoms with Crippen LogP contribution in [0.4, 0.5) is 0 Å². The lowest BCUT2D eigenvalue weighted by atomic mass is 9.85. The van der Waals surface area contributed by atoms with Crippen molar-refractivity contribution in [3.05, 3.63) is 157 Å². The smallest absolute Gasteiger partial charge is 0.143 e. The van der Waals surface area contributed by atoms with Crippen molar-refractivity contribution in [3.8, 4) is 33.4 Å². The van der Waals surface area contributed by atoms with Crippen molar-refractivity contribution >= 4 is 54.3 Å². The molecule has 0 N–H and O–H groups in total. The van der Waals surface area contributed by atoms with Crippen LogP contribution in [-0.4, -0.2) is 0 Å². The predicted octanol–water partition coefficient (Wildman–Crippen LogP) is 12.0. The average molecular weight is 564 g/mol. The SMILES string of the molecule is [2H]c1cc2c(-c3cc([2H])c(-c4cc([2H])c([2H])c5c([2H])c([2H])c([2H])cc45)c([2H])c3)c3cc([2H])c([2H])cc3c(-c3c([2H])c([2H])cc4c3oc3c([2H])c([2H])c([2H])c([2H])c34)c2cc1[2H]. The lowest BCUT2D eigenvalue weighted by Crippen LogP contribution is -1.91. The summed E-state index contributed by atoms with van der Waals surface area (Å²) in [6, 6.07) is 6.31. The second-order valence-electron chi connectivity index (χ2n) is 9.96. The Morgan fingerprint density at radius 1 is 0.372 bits per heavy atom. The van der Waals surface area contributed by atoms with E-state index in [0.29, 0.717) is 5.56 Å². The fraction of sp³-hybridized carbons (Fsp3) is 0. The van der Waals surface area contributed by atoms with E-state index in [4.69, 9.17) is 23.6 Å². The number of hydrogen-bond donors (Lipinski definition) is 0. The molecule has 0 unspecified atom stereocenters. The van der Waals surface area contributed by atoms with Gasteiger partial charge in [0.1, 0.15) is 11.2 Å². The minimum absolute atomic E-state index is 0.00742. The highest BCUT2D eigenvalue weighted by Crippen LogP contribution is 2.46. The molecule has 0 aliphatic heterocycles. The lowest BCUT2D eigenvalue weighted by molar-refractivity contribution is 0.670. The van der Waals surface area contributed by atoms with Crippen LogP contribution >= 0.6 is 0 Å². The van der Waals surface area contributed by atoms with Crippen molar-refractivity contribution in [3.63, 3.8) is 0 Å². The van der Waals surface area contributed by atoms with Gasteiger partial charge in [-0.25, -0.2) is 0 Å². The van der Waals surface area contributed by atoms with Crippen LogP contribution in [0.3, 0.4) is 0 Å². The molecule has 0 saturated carbocycles. The van der Waals surface area contributed by atoms with Crippen LogP contribution in [0.25, 0.3) is 87.6 Å². The first-order valence-corrected chi connectivity index (χ1v) is 13.4. The van der Waals surface area contributed by atoms with E-state index in [1.807, 2.05) is 0 Å². The van der Waals surface area contributed by atoms with Crippen molar-refractivity contribution in [2.75, 3.05) is 0 Å². The molecular formula is C42H26O. The molecule has 43 heavy (non-hydrogen) atoms. The minimum Gasteiger partial charge on any atom is -0.455 e. The summed E-state index contributed by atoms with van der Waals surface area (Å²) >= 11 is 0. The molecule has 9 aromatic rings. The number of benzene rings is 8. The fourth-order valence-corrected chi connectivity index (χ4v) is 5.84. The molecule has 1 nitrogen and oxygen atoms in total. The molecule has 0 fully saturated rings. The topological polar surface area (TPSA) is 13.1 Å². The molecule has 0 atom stereocenters. The first-order chi connectivity index (χ1) is 28.3. The lowest BCUT2D eigenvalue weighted by Gasteiger charge is -2.18. The highest BCUT2D eigenvalue weighted by molar-refractivity contribution is 6.24. The summed E-state index contributed by atoms with van der Waals surface area (Å²) in [5.74, 6) is 0. The van der Waals surface area contributed by atoms with E-state index in [1.54, 1.807) is 0 Å². The molecule has 0 saturated heterocycles. The minimum atomic E-state index is -0.547. The van der Waals surface area contributed by atoms with Crippen LogP contribution in [-0.2, 0) is 0 Å². The van der Waals surface area contributed by atoms with E-state index in [0.717, 1.165) is 0 Å². The van der Waals surface area contributed by atoms with Crippen LogP contribution in [0.1, 0.15) is 23.3 Å². The number of rotatable bonds is 3. The van der Waals surface area contributed by atoms with Gasteiger partial charge in [-0.15, -0.1) is 0 Å². The molecule has 0 radical (unpaired) electrons. The summed E-state index contributed by atoms with van der Waals surface area (Å²) in [4.78, 5) is 0. The van der Waals surface area contributed by atoms with Gasteiger partial charge in [-0.2, -0.15) is 0 Å². The Balaban J connectivity index is 1.42. The van der Waals surface area contributed by atoms with Crippen molar-refractivity contribution in [1.82, 2.24) is 0 Å². The second kappa shape index (κ2) is 9.44. The van der Waals surface area contributed by atoms with Gasteiger partial charge in [0.2, 0.25) is 0 Å². The molecule has 9 rings (SSSR count). The van der Waals surface area contributed by atoms with E-state index in [9.17, 15) is 4.11 Å². The number of hydrogen-bond acceptors (Lipinski definition) is 1. The first kappa shape index (κ1) is 12.7. The highest BCUT2D eigenvalue weighted by atomic mass is 16.3. The Morgan fingerprint density at radius 3 is 1.72 bits per heavy atom. The van der Waals surface area contributed by atoms with Gasteiger partial charge in [0.15, 0.2) is 0 Å². The Labute approximate surface area is 273 Å². The number of furan rings is 1. The monoisotopic (exact) mass is 563 g/mol. The van der Waals surface area contributed by atoms with Crippen LogP contribution in [0, 0.1) is 0 Å². The van der Waals surface area contributed by atoms with Gasteiger partial charge in [-0.1, -0.05) is 151 Å². The van der Waals surface area contributed by atoms with Gasteiger partial charge >= 0.3 is 0 Å². The molecule has 0 bridgehead atoms. The Kier molecular flexibility index (Phi) is 2.79. The fourth-order valence-electron chi connectivity index (χ4n) is 5.84. The van der Waals surface area contributed by atoms with Gasteiger partial charge in [0.25, 0.3) is 0 Å². The molecule has 1 heterocycles. The van der Waals surface area contributed by atoms with Crippen LogP contribution in [0.2, 0.25) is 0 Å². The summed E-state index contributed by atoms with van der Waals surface area (Å²) < 4.78 is 153. The quantitative estimate of drug-likeness (QED) is 0.195.